The Morgan fingerprint density at radius 1 is 1.07 bits per heavy atom. The van der Waals surface area contributed by atoms with E-state index in [-0.39, 0.29) is 16.7 Å². The highest BCUT2D eigenvalue weighted by Crippen LogP contribution is 2.42. The first kappa shape index (κ1) is 12.5. The van der Waals surface area contributed by atoms with Gasteiger partial charge in [-0.05, 0) is 17.3 Å². The van der Waals surface area contributed by atoms with Crippen LogP contribution >= 0.6 is 0 Å². The fraction of sp³-hybridized carbons (Fsp3) is 0.923. The van der Waals surface area contributed by atoms with Crippen molar-refractivity contribution < 1.29 is 4.79 Å². The van der Waals surface area contributed by atoms with Crippen LogP contribution in [0.25, 0.3) is 0 Å². The average molecular weight is 211 g/mol. The van der Waals surface area contributed by atoms with Gasteiger partial charge in [-0.3, -0.25) is 4.79 Å². The number of hydrogen-bond donors (Lipinski definition) is 0. The minimum Gasteiger partial charge on any atom is -0.342 e. The van der Waals surface area contributed by atoms with E-state index in [1.165, 1.54) is 0 Å². The Morgan fingerprint density at radius 3 is 1.73 bits per heavy atom. The molecule has 0 aliphatic carbocycles. The summed E-state index contributed by atoms with van der Waals surface area (Å²) in [5, 5.41) is 0. The van der Waals surface area contributed by atoms with Gasteiger partial charge in [-0.25, -0.2) is 0 Å². The molecule has 1 heterocycles. The molecule has 0 spiro atoms. The van der Waals surface area contributed by atoms with Gasteiger partial charge in [-0.15, -0.1) is 0 Å². The van der Waals surface area contributed by atoms with Crippen molar-refractivity contribution in [3.05, 3.63) is 0 Å². The van der Waals surface area contributed by atoms with Crippen molar-refractivity contribution in [3.8, 4) is 0 Å². The van der Waals surface area contributed by atoms with Gasteiger partial charge < -0.3 is 4.90 Å². The van der Waals surface area contributed by atoms with E-state index in [4.69, 9.17) is 0 Å². The van der Waals surface area contributed by atoms with Crippen molar-refractivity contribution in [1.29, 1.82) is 0 Å². The van der Waals surface area contributed by atoms with Crippen molar-refractivity contribution in [1.82, 2.24) is 4.90 Å². The second-order valence-electron chi connectivity index (χ2n) is 6.99. The highest BCUT2D eigenvalue weighted by molar-refractivity contribution is 5.82. The summed E-state index contributed by atoms with van der Waals surface area (Å²) < 4.78 is 0. The third-order valence-electron chi connectivity index (χ3n) is 3.62. The molecule has 0 bridgehead atoms. The Labute approximate surface area is 94.0 Å². The zero-order valence-electron chi connectivity index (χ0n) is 11.2. The highest BCUT2D eigenvalue weighted by atomic mass is 16.2. The quantitative estimate of drug-likeness (QED) is 0.603. The van der Waals surface area contributed by atoms with Gasteiger partial charge in [0.15, 0.2) is 0 Å². The first-order valence-electron chi connectivity index (χ1n) is 5.82. The summed E-state index contributed by atoms with van der Waals surface area (Å²) in [4.78, 5) is 14.1. The van der Waals surface area contributed by atoms with Crippen LogP contribution in [0, 0.1) is 16.7 Å². The van der Waals surface area contributed by atoms with Gasteiger partial charge in [-0.2, -0.15) is 0 Å². The van der Waals surface area contributed by atoms with Crippen LogP contribution in [-0.4, -0.2) is 23.9 Å². The predicted octanol–water partition coefficient (Wildman–Crippen LogP) is 2.93. The fourth-order valence-corrected chi connectivity index (χ4v) is 2.54. The lowest BCUT2D eigenvalue weighted by Gasteiger charge is -2.32. The molecule has 1 fully saturated rings. The number of hydrogen-bond acceptors (Lipinski definition) is 1. The van der Waals surface area contributed by atoms with Crippen molar-refractivity contribution in [2.75, 3.05) is 7.05 Å². The minimum absolute atomic E-state index is 0.0886. The Morgan fingerprint density at radius 2 is 1.53 bits per heavy atom. The molecule has 2 heteroatoms. The van der Waals surface area contributed by atoms with Crippen LogP contribution in [0.5, 0.6) is 0 Å². The van der Waals surface area contributed by atoms with E-state index >= 15 is 0 Å². The number of nitrogens with zero attached hydrogens (tertiary/aromatic N) is 1. The van der Waals surface area contributed by atoms with Gasteiger partial charge in [-0.1, -0.05) is 41.5 Å². The highest BCUT2D eigenvalue weighted by Gasteiger charge is 2.46. The summed E-state index contributed by atoms with van der Waals surface area (Å²) in [6.45, 7) is 13.1. The number of carbonyl (C=O) groups is 1. The molecule has 88 valence electrons. The smallest absolute Gasteiger partial charge is 0.226 e. The molecule has 1 amide bonds. The first-order valence-corrected chi connectivity index (χ1v) is 5.82. The molecule has 2 atom stereocenters. The summed E-state index contributed by atoms with van der Waals surface area (Å²) in [6.07, 6.45) is 1.00. The number of likely N-dealkylation sites (tertiary alicyclic amines) is 1. The Balaban J connectivity index is 2.91. The lowest BCUT2D eigenvalue weighted by Crippen LogP contribution is -2.38. The Hall–Kier alpha value is -0.530. The molecule has 1 saturated heterocycles. The van der Waals surface area contributed by atoms with Crippen LogP contribution in [0.3, 0.4) is 0 Å². The second kappa shape index (κ2) is 3.50. The van der Waals surface area contributed by atoms with Crippen LogP contribution in [0.1, 0.15) is 48.0 Å². The summed E-state index contributed by atoms with van der Waals surface area (Å²) in [5.41, 5.74) is 0.274. The van der Waals surface area contributed by atoms with Gasteiger partial charge >= 0.3 is 0 Å². The van der Waals surface area contributed by atoms with E-state index in [1.54, 1.807) is 0 Å². The fourth-order valence-electron chi connectivity index (χ4n) is 2.54. The third-order valence-corrected chi connectivity index (χ3v) is 3.62. The van der Waals surface area contributed by atoms with E-state index in [2.05, 4.69) is 41.5 Å². The number of carbonyl (C=O) groups excluding carboxylic acids is 1. The van der Waals surface area contributed by atoms with Crippen LogP contribution < -0.4 is 0 Å². The van der Waals surface area contributed by atoms with Crippen molar-refractivity contribution >= 4 is 5.91 Å². The van der Waals surface area contributed by atoms with Crippen LogP contribution in [0.4, 0.5) is 0 Å². The largest absolute Gasteiger partial charge is 0.342 e. The maximum absolute atomic E-state index is 12.1. The third kappa shape index (κ3) is 2.35. The standard InChI is InChI=1S/C13H25NO/c1-12(2,3)9-8-10(13(4,5)6)14(7)11(9)15/h9-10H,8H2,1-7H3. The van der Waals surface area contributed by atoms with E-state index < -0.39 is 0 Å². The molecule has 0 aromatic carbocycles. The van der Waals surface area contributed by atoms with E-state index in [0.29, 0.717) is 11.9 Å². The molecule has 2 unspecified atom stereocenters. The maximum atomic E-state index is 12.1. The average Bonchev–Trinajstić information content (AvgIpc) is 2.26. The molecule has 1 aliphatic rings. The maximum Gasteiger partial charge on any atom is 0.226 e. The molecule has 0 radical (unpaired) electrons. The molecule has 0 N–H and O–H groups in total. The second-order valence-corrected chi connectivity index (χ2v) is 6.99. The monoisotopic (exact) mass is 211 g/mol. The van der Waals surface area contributed by atoms with Crippen LogP contribution in [0.15, 0.2) is 0 Å². The van der Waals surface area contributed by atoms with Gasteiger partial charge in [0.1, 0.15) is 0 Å². The molecule has 0 aromatic rings. The zero-order valence-corrected chi connectivity index (χ0v) is 11.2. The molecule has 0 aromatic heterocycles. The number of rotatable bonds is 0. The first-order chi connectivity index (χ1) is 6.55. The summed E-state index contributed by atoms with van der Waals surface area (Å²) in [7, 11) is 1.95. The van der Waals surface area contributed by atoms with Crippen LogP contribution in [0.2, 0.25) is 0 Å². The Kier molecular flexibility index (Phi) is 2.92. The molecular formula is C13H25NO. The minimum atomic E-state index is 0.0886. The number of amides is 1. The summed E-state index contributed by atoms with van der Waals surface area (Å²) in [6, 6.07) is 0.384. The van der Waals surface area contributed by atoms with Gasteiger partial charge in [0, 0.05) is 19.0 Å². The summed E-state index contributed by atoms with van der Waals surface area (Å²) >= 11 is 0. The lowest BCUT2D eigenvalue weighted by molar-refractivity contribution is -0.134. The molecule has 0 saturated carbocycles. The van der Waals surface area contributed by atoms with Crippen molar-refractivity contribution in [2.45, 2.75) is 54.0 Å². The molecule has 1 aliphatic heterocycles. The van der Waals surface area contributed by atoms with E-state index in [1.807, 2.05) is 11.9 Å². The molecule has 2 nitrogen and oxygen atoms in total. The van der Waals surface area contributed by atoms with Crippen LogP contribution in [-0.2, 0) is 4.79 Å². The van der Waals surface area contributed by atoms with Crippen molar-refractivity contribution in [2.24, 2.45) is 16.7 Å². The van der Waals surface area contributed by atoms with Gasteiger partial charge in [0.25, 0.3) is 0 Å². The zero-order chi connectivity index (χ0) is 12.0. The van der Waals surface area contributed by atoms with Gasteiger partial charge in [0.05, 0.1) is 0 Å². The van der Waals surface area contributed by atoms with E-state index in [0.717, 1.165) is 6.42 Å². The topological polar surface area (TPSA) is 20.3 Å². The summed E-state index contributed by atoms with van der Waals surface area (Å²) in [5.74, 6) is 0.508. The molecule has 1 rings (SSSR count). The lowest BCUT2D eigenvalue weighted by atomic mass is 9.76. The van der Waals surface area contributed by atoms with Crippen molar-refractivity contribution in [3.63, 3.8) is 0 Å². The predicted molar refractivity (Wildman–Crippen MR) is 63.6 cm³/mol. The molecule has 15 heavy (non-hydrogen) atoms. The molecular weight excluding hydrogens is 186 g/mol. The van der Waals surface area contributed by atoms with E-state index in [9.17, 15) is 4.79 Å². The normalized spacial score (nSPS) is 28.7. The Bertz CT molecular complexity index is 257. The van der Waals surface area contributed by atoms with Gasteiger partial charge in [0.2, 0.25) is 5.91 Å². The SMILES string of the molecule is CN1C(=O)C(C(C)(C)C)CC1C(C)(C)C.